The molecule has 134 valence electrons. The summed E-state index contributed by atoms with van der Waals surface area (Å²) in [4.78, 5) is 16.3. The molecule has 2 heterocycles. The zero-order valence-electron chi connectivity index (χ0n) is 14.2. The molecule has 3 aromatic rings. The maximum Gasteiger partial charge on any atom is 0.231 e. The first-order chi connectivity index (χ1) is 12.8. The Labute approximate surface area is 150 Å². The van der Waals surface area contributed by atoms with E-state index in [1.165, 1.54) is 0 Å². The second kappa shape index (κ2) is 7.35. The molecular weight excluding hydrogens is 334 g/mol. The average Bonchev–Trinajstić information content (AvgIpc) is 3.30. The monoisotopic (exact) mass is 353 g/mol. The van der Waals surface area contributed by atoms with E-state index in [-0.39, 0.29) is 12.7 Å². The largest absolute Gasteiger partial charge is 0.492 e. The van der Waals surface area contributed by atoms with Gasteiger partial charge in [0.1, 0.15) is 12.4 Å². The fraction of sp³-hybridized carbons (Fsp3) is 0.263. The van der Waals surface area contributed by atoms with Gasteiger partial charge in [0, 0.05) is 19.0 Å². The summed E-state index contributed by atoms with van der Waals surface area (Å²) in [6.07, 6.45) is 2.16. The Morgan fingerprint density at radius 1 is 1.19 bits per heavy atom. The topological polar surface area (TPSA) is 74.6 Å². The maximum absolute atomic E-state index is 12.0. The molecule has 0 unspecified atom stereocenters. The molecule has 1 aliphatic heterocycles. The van der Waals surface area contributed by atoms with Crippen molar-refractivity contribution in [2.45, 2.75) is 13.0 Å². The fourth-order valence-electron chi connectivity index (χ4n) is 2.82. The van der Waals surface area contributed by atoms with Crippen LogP contribution in [-0.4, -0.2) is 35.4 Å². The molecule has 1 aromatic heterocycles. The zero-order chi connectivity index (χ0) is 17.8. The zero-order valence-corrected chi connectivity index (χ0v) is 14.2. The smallest absolute Gasteiger partial charge is 0.231 e. The van der Waals surface area contributed by atoms with Gasteiger partial charge in [-0.1, -0.05) is 12.1 Å². The van der Waals surface area contributed by atoms with Gasteiger partial charge in [0.25, 0.3) is 0 Å². The van der Waals surface area contributed by atoms with Crippen molar-refractivity contribution in [3.63, 3.8) is 0 Å². The molecule has 0 spiro atoms. The molecule has 0 bridgehead atoms. The van der Waals surface area contributed by atoms with Gasteiger partial charge in [-0.15, -0.1) is 0 Å². The van der Waals surface area contributed by atoms with E-state index in [1.54, 1.807) is 12.4 Å². The standard InChI is InChI=1S/C19H19N3O4/c23-19(7-9-22-12-21-15-3-1-2-4-16(15)22)20-8-10-24-14-5-6-17-18(11-14)26-13-25-17/h1-6,11-12H,7-10,13H2,(H,20,23). The van der Waals surface area contributed by atoms with Gasteiger partial charge in [0.2, 0.25) is 12.7 Å². The summed E-state index contributed by atoms with van der Waals surface area (Å²) in [6.45, 7) is 1.66. The van der Waals surface area contributed by atoms with Gasteiger partial charge in [0.05, 0.1) is 23.9 Å². The van der Waals surface area contributed by atoms with Crippen molar-refractivity contribution >= 4 is 16.9 Å². The Morgan fingerprint density at radius 2 is 2.08 bits per heavy atom. The molecule has 1 aliphatic rings. The van der Waals surface area contributed by atoms with E-state index in [4.69, 9.17) is 14.2 Å². The van der Waals surface area contributed by atoms with Crippen molar-refractivity contribution in [3.05, 3.63) is 48.8 Å². The molecule has 7 heteroatoms. The molecule has 1 N–H and O–H groups in total. The number of hydrogen-bond donors (Lipinski definition) is 1. The van der Waals surface area contributed by atoms with E-state index in [9.17, 15) is 4.79 Å². The second-order valence-electron chi connectivity index (χ2n) is 5.89. The van der Waals surface area contributed by atoms with Crippen molar-refractivity contribution < 1.29 is 19.0 Å². The second-order valence-corrected chi connectivity index (χ2v) is 5.89. The Morgan fingerprint density at radius 3 is 3.04 bits per heavy atom. The highest BCUT2D eigenvalue weighted by Gasteiger charge is 2.13. The van der Waals surface area contributed by atoms with Crippen LogP contribution in [0.2, 0.25) is 0 Å². The van der Waals surface area contributed by atoms with Crippen LogP contribution in [0.4, 0.5) is 0 Å². The molecule has 0 saturated carbocycles. The third kappa shape index (κ3) is 3.56. The molecule has 0 saturated heterocycles. The molecule has 0 radical (unpaired) electrons. The van der Waals surface area contributed by atoms with Crippen LogP contribution < -0.4 is 19.5 Å². The molecule has 7 nitrogen and oxygen atoms in total. The number of para-hydroxylation sites is 2. The number of nitrogens with zero attached hydrogens (tertiary/aromatic N) is 2. The van der Waals surface area contributed by atoms with Crippen LogP contribution in [0.5, 0.6) is 17.2 Å². The van der Waals surface area contributed by atoms with E-state index < -0.39 is 0 Å². The summed E-state index contributed by atoms with van der Waals surface area (Å²) in [5.41, 5.74) is 1.97. The van der Waals surface area contributed by atoms with Gasteiger partial charge in [-0.25, -0.2) is 4.98 Å². The number of aromatic nitrogens is 2. The van der Waals surface area contributed by atoms with Gasteiger partial charge < -0.3 is 24.1 Å². The number of hydrogen-bond acceptors (Lipinski definition) is 5. The molecular formula is C19H19N3O4. The van der Waals surface area contributed by atoms with Crippen LogP contribution in [0.1, 0.15) is 6.42 Å². The van der Waals surface area contributed by atoms with E-state index in [2.05, 4.69) is 10.3 Å². The Balaban J connectivity index is 1.20. The first-order valence-corrected chi connectivity index (χ1v) is 8.48. The van der Waals surface area contributed by atoms with E-state index in [1.807, 2.05) is 41.0 Å². The van der Waals surface area contributed by atoms with Gasteiger partial charge in [-0.05, 0) is 24.3 Å². The highest BCUT2D eigenvalue weighted by atomic mass is 16.7. The molecule has 1 amide bonds. The van der Waals surface area contributed by atoms with Crippen molar-refractivity contribution in [1.29, 1.82) is 0 Å². The number of ether oxygens (including phenoxy) is 3. The van der Waals surface area contributed by atoms with Gasteiger partial charge in [-0.3, -0.25) is 4.79 Å². The number of rotatable bonds is 7. The third-order valence-electron chi connectivity index (χ3n) is 4.14. The minimum Gasteiger partial charge on any atom is -0.492 e. The number of fused-ring (bicyclic) bond motifs is 2. The number of carbonyl (C=O) groups excluding carboxylic acids is 1. The molecule has 2 aromatic carbocycles. The number of carbonyl (C=O) groups is 1. The Hall–Kier alpha value is -3.22. The van der Waals surface area contributed by atoms with E-state index in [0.717, 1.165) is 16.8 Å². The first-order valence-electron chi connectivity index (χ1n) is 8.48. The van der Waals surface area contributed by atoms with Gasteiger partial charge >= 0.3 is 0 Å². The predicted molar refractivity (Wildman–Crippen MR) is 95.4 cm³/mol. The van der Waals surface area contributed by atoms with Crippen molar-refractivity contribution in [2.75, 3.05) is 19.9 Å². The highest BCUT2D eigenvalue weighted by molar-refractivity contribution is 5.77. The minimum atomic E-state index is -0.0166. The summed E-state index contributed by atoms with van der Waals surface area (Å²) in [5, 5.41) is 2.86. The normalized spacial score (nSPS) is 12.3. The van der Waals surface area contributed by atoms with E-state index >= 15 is 0 Å². The number of nitrogens with one attached hydrogen (secondary N) is 1. The maximum atomic E-state index is 12.0. The Kier molecular flexibility index (Phi) is 4.59. The van der Waals surface area contributed by atoms with E-state index in [0.29, 0.717) is 37.6 Å². The quantitative estimate of drug-likeness (QED) is 0.660. The van der Waals surface area contributed by atoms with Crippen LogP contribution in [0.15, 0.2) is 48.8 Å². The number of aryl methyl sites for hydroxylation is 1. The van der Waals surface area contributed by atoms with Gasteiger partial charge in [-0.2, -0.15) is 0 Å². The number of benzene rings is 2. The van der Waals surface area contributed by atoms with Crippen molar-refractivity contribution in [1.82, 2.24) is 14.9 Å². The Bertz CT molecular complexity index is 922. The van der Waals surface area contributed by atoms with Crippen molar-refractivity contribution in [2.24, 2.45) is 0 Å². The highest BCUT2D eigenvalue weighted by Crippen LogP contribution is 2.34. The predicted octanol–water partition coefficient (Wildman–Crippen LogP) is 2.35. The summed E-state index contributed by atoms with van der Waals surface area (Å²) in [5.74, 6) is 2.07. The number of imidazole rings is 1. The van der Waals surface area contributed by atoms with Gasteiger partial charge in [0.15, 0.2) is 11.5 Å². The number of amides is 1. The van der Waals surface area contributed by atoms with Crippen LogP contribution in [0, 0.1) is 0 Å². The van der Waals surface area contributed by atoms with Crippen LogP contribution >= 0.6 is 0 Å². The molecule has 4 rings (SSSR count). The van der Waals surface area contributed by atoms with Crippen LogP contribution in [0.25, 0.3) is 11.0 Å². The minimum absolute atomic E-state index is 0.0166. The third-order valence-corrected chi connectivity index (χ3v) is 4.14. The van der Waals surface area contributed by atoms with Crippen LogP contribution in [0.3, 0.4) is 0 Å². The first kappa shape index (κ1) is 16.3. The average molecular weight is 353 g/mol. The summed E-state index contributed by atoms with van der Waals surface area (Å²) >= 11 is 0. The molecule has 0 atom stereocenters. The van der Waals surface area contributed by atoms with Crippen LogP contribution in [-0.2, 0) is 11.3 Å². The van der Waals surface area contributed by atoms with Crippen molar-refractivity contribution in [3.8, 4) is 17.2 Å². The summed E-state index contributed by atoms with van der Waals surface area (Å²) in [7, 11) is 0. The summed E-state index contributed by atoms with van der Waals surface area (Å²) in [6, 6.07) is 13.3. The lowest BCUT2D eigenvalue weighted by Gasteiger charge is -2.09. The SMILES string of the molecule is O=C(CCn1cnc2ccccc21)NCCOc1ccc2c(c1)OCO2. The molecule has 26 heavy (non-hydrogen) atoms. The lowest BCUT2D eigenvalue weighted by Crippen LogP contribution is -2.28. The molecule has 0 fully saturated rings. The lowest BCUT2D eigenvalue weighted by atomic mass is 10.3. The fourth-order valence-corrected chi connectivity index (χ4v) is 2.82. The lowest BCUT2D eigenvalue weighted by molar-refractivity contribution is -0.121. The molecule has 0 aliphatic carbocycles. The summed E-state index contributed by atoms with van der Waals surface area (Å²) < 4.78 is 18.2.